The highest BCUT2D eigenvalue weighted by Gasteiger charge is 2.14. The average molecular weight is 457 g/mol. The highest BCUT2D eigenvalue weighted by Crippen LogP contribution is 2.27. The number of hydrogen-bond acceptors (Lipinski definition) is 7. The summed E-state index contributed by atoms with van der Waals surface area (Å²) in [5.74, 6) is 2.66. The molecule has 8 heteroatoms. The molecule has 34 heavy (non-hydrogen) atoms. The number of morpholine rings is 1. The number of rotatable bonds is 6. The smallest absolute Gasteiger partial charge is 0.255 e. The summed E-state index contributed by atoms with van der Waals surface area (Å²) in [4.78, 5) is 23.9. The zero-order chi connectivity index (χ0) is 23.3. The van der Waals surface area contributed by atoms with Gasteiger partial charge in [-0.3, -0.25) is 9.78 Å². The van der Waals surface area contributed by atoms with Gasteiger partial charge in [-0.2, -0.15) is 0 Å². The average Bonchev–Trinajstić information content (AvgIpc) is 2.90. The van der Waals surface area contributed by atoms with E-state index in [0.29, 0.717) is 41.7 Å². The molecule has 0 radical (unpaired) electrons. The third kappa shape index (κ3) is 4.92. The van der Waals surface area contributed by atoms with Crippen molar-refractivity contribution in [1.82, 2.24) is 9.97 Å². The van der Waals surface area contributed by atoms with E-state index in [0.717, 1.165) is 29.9 Å². The highest BCUT2D eigenvalue weighted by molar-refractivity contribution is 6.04. The lowest BCUT2D eigenvalue weighted by Crippen LogP contribution is -2.36. The van der Waals surface area contributed by atoms with Crippen molar-refractivity contribution in [3.05, 3.63) is 78.5 Å². The van der Waals surface area contributed by atoms with Crippen LogP contribution in [0.4, 0.5) is 11.5 Å². The van der Waals surface area contributed by atoms with Crippen LogP contribution in [0, 0.1) is 0 Å². The van der Waals surface area contributed by atoms with Gasteiger partial charge >= 0.3 is 0 Å². The van der Waals surface area contributed by atoms with Crippen LogP contribution in [0.25, 0.3) is 11.0 Å². The topological polar surface area (TPSA) is 85.8 Å². The molecule has 8 nitrogen and oxygen atoms in total. The number of aromatic nitrogens is 2. The SMILES string of the molecule is COc1ccc(C(=O)Nc2ccc(Oc3ccc4ncc(N5CCOCC5)nc4c3)cc2)cc1. The van der Waals surface area contributed by atoms with E-state index in [2.05, 4.69) is 15.2 Å². The van der Waals surface area contributed by atoms with Gasteiger partial charge in [-0.15, -0.1) is 0 Å². The number of carbonyl (C=O) groups excluding carboxylic acids is 1. The van der Waals surface area contributed by atoms with Crippen LogP contribution in [0.1, 0.15) is 10.4 Å². The fourth-order valence-corrected chi connectivity index (χ4v) is 3.68. The molecule has 1 N–H and O–H groups in total. The Bertz CT molecular complexity index is 1290. The van der Waals surface area contributed by atoms with E-state index in [1.54, 1.807) is 49.7 Å². The maximum Gasteiger partial charge on any atom is 0.255 e. The Morgan fingerprint density at radius 1 is 0.912 bits per heavy atom. The minimum Gasteiger partial charge on any atom is -0.497 e. The highest BCUT2D eigenvalue weighted by atomic mass is 16.5. The van der Waals surface area contributed by atoms with Gasteiger partial charge < -0.3 is 24.4 Å². The van der Waals surface area contributed by atoms with Gasteiger partial charge in [0.05, 0.1) is 37.6 Å². The Morgan fingerprint density at radius 3 is 2.35 bits per heavy atom. The van der Waals surface area contributed by atoms with Crippen molar-refractivity contribution in [2.45, 2.75) is 0 Å². The van der Waals surface area contributed by atoms with Gasteiger partial charge in [0.1, 0.15) is 23.1 Å². The molecule has 1 aliphatic heterocycles. The molecule has 172 valence electrons. The van der Waals surface area contributed by atoms with Gasteiger partial charge in [-0.25, -0.2) is 4.98 Å². The molecule has 4 aromatic rings. The number of nitrogens with zero attached hydrogens (tertiary/aromatic N) is 3. The molecule has 1 aliphatic rings. The fraction of sp³-hybridized carbons (Fsp3) is 0.192. The van der Waals surface area contributed by atoms with Crippen molar-refractivity contribution in [3.63, 3.8) is 0 Å². The monoisotopic (exact) mass is 456 g/mol. The molecular weight excluding hydrogens is 432 g/mol. The summed E-state index contributed by atoms with van der Waals surface area (Å²) in [6.07, 6.45) is 1.80. The van der Waals surface area contributed by atoms with Crippen molar-refractivity contribution < 1.29 is 19.0 Å². The number of fused-ring (bicyclic) bond motifs is 1. The van der Waals surface area contributed by atoms with E-state index in [1.807, 2.05) is 30.3 Å². The second kappa shape index (κ2) is 9.76. The first kappa shape index (κ1) is 21.7. The standard InChI is InChI=1S/C26H24N4O4/c1-32-20-6-2-18(3-7-20)26(31)28-19-4-8-21(9-5-19)34-22-10-11-23-24(16-22)29-25(17-27-23)30-12-14-33-15-13-30/h2-11,16-17H,12-15H2,1H3,(H,28,31). The van der Waals surface area contributed by atoms with Crippen LogP contribution in [0.15, 0.2) is 72.9 Å². The normalized spacial score (nSPS) is 13.5. The van der Waals surface area contributed by atoms with E-state index in [4.69, 9.17) is 19.2 Å². The van der Waals surface area contributed by atoms with Crippen molar-refractivity contribution >= 4 is 28.4 Å². The number of hydrogen-bond donors (Lipinski definition) is 1. The Balaban J connectivity index is 1.26. The third-order valence-electron chi connectivity index (χ3n) is 5.54. The Morgan fingerprint density at radius 2 is 1.62 bits per heavy atom. The summed E-state index contributed by atoms with van der Waals surface area (Å²) in [6, 6.07) is 19.8. The second-order valence-corrected chi connectivity index (χ2v) is 7.79. The summed E-state index contributed by atoms with van der Waals surface area (Å²) in [7, 11) is 1.59. The molecule has 1 amide bonds. The van der Waals surface area contributed by atoms with Crippen molar-refractivity contribution in [2.24, 2.45) is 0 Å². The first-order valence-corrected chi connectivity index (χ1v) is 11.0. The van der Waals surface area contributed by atoms with Gasteiger partial charge in [0.25, 0.3) is 5.91 Å². The molecule has 0 spiro atoms. The lowest BCUT2D eigenvalue weighted by molar-refractivity contribution is 0.102. The summed E-state index contributed by atoms with van der Waals surface area (Å²) < 4.78 is 16.6. The van der Waals surface area contributed by atoms with Crippen molar-refractivity contribution in [2.75, 3.05) is 43.6 Å². The number of nitrogens with one attached hydrogen (secondary N) is 1. The maximum atomic E-state index is 12.4. The van der Waals surface area contributed by atoms with E-state index in [9.17, 15) is 4.79 Å². The fourth-order valence-electron chi connectivity index (χ4n) is 3.68. The predicted molar refractivity (Wildman–Crippen MR) is 130 cm³/mol. The molecule has 1 aromatic heterocycles. The second-order valence-electron chi connectivity index (χ2n) is 7.79. The Kier molecular flexibility index (Phi) is 6.22. The summed E-state index contributed by atoms with van der Waals surface area (Å²) in [5.41, 5.74) is 2.80. The molecule has 0 bridgehead atoms. The minimum absolute atomic E-state index is 0.194. The molecule has 1 saturated heterocycles. The minimum atomic E-state index is -0.194. The van der Waals surface area contributed by atoms with Crippen molar-refractivity contribution in [3.8, 4) is 17.2 Å². The number of methoxy groups -OCH3 is 1. The molecular formula is C26H24N4O4. The zero-order valence-corrected chi connectivity index (χ0v) is 18.7. The number of ether oxygens (including phenoxy) is 3. The molecule has 0 unspecified atom stereocenters. The largest absolute Gasteiger partial charge is 0.497 e. The van der Waals surface area contributed by atoms with E-state index < -0.39 is 0 Å². The Labute approximate surface area is 197 Å². The summed E-state index contributed by atoms with van der Waals surface area (Å²) >= 11 is 0. The summed E-state index contributed by atoms with van der Waals surface area (Å²) in [6.45, 7) is 2.99. The molecule has 5 rings (SSSR count). The molecule has 3 aromatic carbocycles. The third-order valence-corrected chi connectivity index (χ3v) is 5.54. The number of benzene rings is 3. The number of carbonyl (C=O) groups is 1. The quantitative estimate of drug-likeness (QED) is 0.457. The first-order chi connectivity index (χ1) is 16.7. The van der Waals surface area contributed by atoms with Crippen LogP contribution in [0.3, 0.4) is 0 Å². The Hall–Kier alpha value is -4.17. The van der Waals surface area contributed by atoms with Gasteiger partial charge in [-0.05, 0) is 60.7 Å². The van der Waals surface area contributed by atoms with Crippen LogP contribution in [0.5, 0.6) is 17.2 Å². The van der Waals surface area contributed by atoms with E-state index >= 15 is 0 Å². The first-order valence-electron chi connectivity index (χ1n) is 11.0. The zero-order valence-electron chi connectivity index (χ0n) is 18.7. The van der Waals surface area contributed by atoms with Crippen LogP contribution in [0.2, 0.25) is 0 Å². The molecule has 0 atom stereocenters. The van der Waals surface area contributed by atoms with E-state index in [1.165, 1.54) is 0 Å². The predicted octanol–water partition coefficient (Wildman–Crippen LogP) is 4.52. The number of amides is 1. The van der Waals surface area contributed by atoms with Gasteiger partial charge in [-0.1, -0.05) is 0 Å². The van der Waals surface area contributed by atoms with Gasteiger partial charge in [0.2, 0.25) is 0 Å². The number of anilines is 2. The van der Waals surface area contributed by atoms with E-state index in [-0.39, 0.29) is 5.91 Å². The van der Waals surface area contributed by atoms with Crippen LogP contribution >= 0.6 is 0 Å². The van der Waals surface area contributed by atoms with Crippen LogP contribution in [-0.2, 0) is 4.74 Å². The summed E-state index contributed by atoms with van der Waals surface area (Å²) in [5, 5.41) is 2.88. The lowest BCUT2D eigenvalue weighted by Gasteiger charge is -2.27. The van der Waals surface area contributed by atoms with Gasteiger partial charge in [0, 0.05) is 30.4 Å². The molecule has 0 saturated carbocycles. The van der Waals surface area contributed by atoms with Crippen LogP contribution in [-0.4, -0.2) is 49.3 Å². The molecule has 0 aliphatic carbocycles. The lowest BCUT2D eigenvalue weighted by atomic mass is 10.2. The van der Waals surface area contributed by atoms with Gasteiger partial charge in [0.15, 0.2) is 0 Å². The van der Waals surface area contributed by atoms with Crippen LogP contribution < -0.4 is 19.7 Å². The molecule has 1 fully saturated rings. The van der Waals surface area contributed by atoms with Crippen molar-refractivity contribution in [1.29, 1.82) is 0 Å². The molecule has 2 heterocycles. The maximum absolute atomic E-state index is 12.4.